The second-order valence-electron chi connectivity index (χ2n) is 4.17. The molecule has 0 spiro atoms. The van der Waals surface area contributed by atoms with E-state index in [4.69, 9.17) is 5.11 Å². The zero-order chi connectivity index (χ0) is 11.3. The third-order valence-electron chi connectivity index (χ3n) is 2.66. The van der Waals surface area contributed by atoms with Gasteiger partial charge in [0.2, 0.25) is 0 Å². The number of carboxylic acid groups (broad SMARTS) is 1. The van der Waals surface area contributed by atoms with Gasteiger partial charge in [0.05, 0.1) is 0 Å². The van der Waals surface area contributed by atoms with Crippen LogP contribution in [0, 0.1) is 5.92 Å². The molecule has 1 aliphatic rings. The molecule has 1 aliphatic carbocycles. The highest BCUT2D eigenvalue weighted by atomic mass is 16.4. The Morgan fingerprint density at radius 3 is 2.87 bits per heavy atom. The van der Waals surface area contributed by atoms with Crippen LogP contribution >= 0.6 is 0 Å². The van der Waals surface area contributed by atoms with Crippen LogP contribution in [0.5, 0.6) is 0 Å². The Kier molecular flexibility index (Phi) is 4.35. The Morgan fingerprint density at radius 1 is 1.60 bits per heavy atom. The van der Waals surface area contributed by atoms with E-state index < -0.39 is 5.97 Å². The largest absolute Gasteiger partial charge is 0.478 e. The number of rotatable bonds is 3. The van der Waals surface area contributed by atoms with Gasteiger partial charge in [-0.05, 0) is 44.6 Å². The van der Waals surface area contributed by atoms with E-state index in [0.29, 0.717) is 5.92 Å². The molecule has 0 heterocycles. The summed E-state index contributed by atoms with van der Waals surface area (Å²) < 4.78 is 0. The maximum atomic E-state index is 10.4. The summed E-state index contributed by atoms with van der Waals surface area (Å²) in [6, 6.07) is 0. The molecular formula is C13H18O2. The van der Waals surface area contributed by atoms with E-state index in [0.717, 1.165) is 18.4 Å². The first-order chi connectivity index (χ1) is 7.08. The summed E-state index contributed by atoms with van der Waals surface area (Å²) in [5, 5.41) is 8.54. The first-order valence-electron chi connectivity index (χ1n) is 5.33. The predicted molar refractivity (Wildman–Crippen MR) is 61.6 cm³/mol. The van der Waals surface area contributed by atoms with Gasteiger partial charge in [0.15, 0.2) is 0 Å². The minimum Gasteiger partial charge on any atom is -0.478 e. The second-order valence-corrected chi connectivity index (χ2v) is 4.17. The molecule has 0 aromatic rings. The molecule has 0 aromatic carbocycles. The van der Waals surface area contributed by atoms with Crippen LogP contribution < -0.4 is 0 Å². The van der Waals surface area contributed by atoms with Crippen molar-refractivity contribution in [3.63, 3.8) is 0 Å². The fraction of sp³-hybridized carbons (Fsp3) is 0.462. The molecule has 0 aliphatic heterocycles. The van der Waals surface area contributed by atoms with Crippen molar-refractivity contribution in [1.82, 2.24) is 0 Å². The number of allylic oxidation sites excluding steroid dienone is 5. The second kappa shape index (κ2) is 5.54. The van der Waals surface area contributed by atoms with Gasteiger partial charge in [-0.2, -0.15) is 0 Å². The van der Waals surface area contributed by atoms with Gasteiger partial charge < -0.3 is 5.11 Å². The monoisotopic (exact) mass is 206 g/mol. The summed E-state index contributed by atoms with van der Waals surface area (Å²) >= 11 is 0. The highest BCUT2D eigenvalue weighted by molar-refractivity contribution is 5.81. The lowest BCUT2D eigenvalue weighted by atomic mass is 9.90. The van der Waals surface area contributed by atoms with Crippen molar-refractivity contribution in [3.05, 3.63) is 35.5 Å². The average molecular weight is 206 g/mol. The van der Waals surface area contributed by atoms with Crippen molar-refractivity contribution in [2.75, 3.05) is 0 Å². The SMILES string of the molecule is CC1=CCC(/C=C/C(C)=C/C(=O)O)CC1. The Labute approximate surface area is 91.0 Å². The van der Waals surface area contributed by atoms with Crippen LogP contribution in [0.2, 0.25) is 0 Å². The molecular weight excluding hydrogens is 188 g/mol. The fourth-order valence-corrected chi connectivity index (χ4v) is 1.69. The average Bonchev–Trinajstić information content (AvgIpc) is 2.16. The normalized spacial score (nSPS) is 22.9. The molecule has 82 valence electrons. The minimum atomic E-state index is -0.878. The summed E-state index contributed by atoms with van der Waals surface area (Å²) in [6.07, 6.45) is 11.0. The molecule has 1 atom stereocenters. The lowest BCUT2D eigenvalue weighted by Gasteiger charge is -2.16. The van der Waals surface area contributed by atoms with Crippen molar-refractivity contribution in [1.29, 1.82) is 0 Å². The van der Waals surface area contributed by atoms with Crippen molar-refractivity contribution < 1.29 is 9.90 Å². The smallest absolute Gasteiger partial charge is 0.328 e. The maximum absolute atomic E-state index is 10.4. The molecule has 0 saturated carbocycles. The van der Waals surface area contributed by atoms with E-state index in [2.05, 4.69) is 19.1 Å². The first kappa shape index (κ1) is 11.8. The third kappa shape index (κ3) is 4.63. The van der Waals surface area contributed by atoms with Crippen LogP contribution in [0.15, 0.2) is 35.5 Å². The number of aliphatic carboxylic acids is 1. The fourth-order valence-electron chi connectivity index (χ4n) is 1.69. The van der Waals surface area contributed by atoms with Gasteiger partial charge in [0, 0.05) is 6.08 Å². The van der Waals surface area contributed by atoms with Gasteiger partial charge in [0.25, 0.3) is 0 Å². The predicted octanol–water partition coefficient (Wildman–Crippen LogP) is 3.32. The number of carbonyl (C=O) groups is 1. The van der Waals surface area contributed by atoms with Crippen LogP contribution in [-0.2, 0) is 4.79 Å². The van der Waals surface area contributed by atoms with E-state index in [9.17, 15) is 4.79 Å². The lowest BCUT2D eigenvalue weighted by Crippen LogP contribution is -2.01. The molecule has 0 bridgehead atoms. The topological polar surface area (TPSA) is 37.3 Å². The van der Waals surface area contributed by atoms with Gasteiger partial charge in [-0.25, -0.2) is 4.79 Å². The van der Waals surface area contributed by atoms with E-state index in [1.54, 1.807) is 0 Å². The molecule has 15 heavy (non-hydrogen) atoms. The van der Waals surface area contributed by atoms with E-state index in [1.165, 1.54) is 18.1 Å². The summed E-state index contributed by atoms with van der Waals surface area (Å²) in [7, 11) is 0. The zero-order valence-electron chi connectivity index (χ0n) is 9.36. The summed E-state index contributed by atoms with van der Waals surface area (Å²) in [5.74, 6) is -0.303. The zero-order valence-corrected chi connectivity index (χ0v) is 9.36. The van der Waals surface area contributed by atoms with Crippen LogP contribution in [-0.4, -0.2) is 11.1 Å². The van der Waals surface area contributed by atoms with E-state index in [-0.39, 0.29) is 0 Å². The summed E-state index contributed by atoms with van der Waals surface area (Å²) in [4.78, 5) is 10.4. The first-order valence-corrected chi connectivity index (χ1v) is 5.33. The molecule has 0 saturated heterocycles. The highest BCUT2D eigenvalue weighted by Crippen LogP contribution is 2.24. The molecule has 2 heteroatoms. The van der Waals surface area contributed by atoms with Crippen LogP contribution in [0.25, 0.3) is 0 Å². The minimum absolute atomic E-state index is 0.575. The van der Waals surface area contributed by atoms with Gasteiger partial charge in [0.1, 0.15) is 0 Å². The van der Waals surface area contributed by atoms with E-state index >= 15 is 0 Å². The molecule has 1 unspecified atom stereocenters. The molecule has 0 amide bonds. The van der Waals surface area contributed by atoms with Crippen LogP contribution in [0.3, 0.4) is 0 Å². The van der Waals surface area contributed by atoms with Crippen molar-refractivity contribution in [2.24, 2.45) is 5.92 Å². The number of hydrogen-bond acceptors (Lipinski definition) is 1. The van der Waals surface area contributed by atoms with Gasteiger partial charge in [-0.1, -0.05) is 23.8 Å². The van der Waals surface area contributed by atoms with Crippen molar-refractivity contribution in [3.8, 4) is 0 Å². The molecule has 2 nitrogen and oxygen atoms in total. The summed E-state index contributed by atoms with van der Waals surface area (Å²) in [5.41, 5.74) is 2.27. The van der Waals surface area contributed by atoms with Crippen LogP contribution in [0.4, 0.5) is 0 Å². The Balaban J connectivity index is 2.48. The van der Waals surface area contributed by atoms with E-state index in [1.807, 2.05) is 13.0 Å². The van der Waals surface area contributed by atoms with Gasteiger partial charge >= 0.3 is 5.97 Å². The number of carboxylic acids is 1. The standard InChI is InChI=1S/C13H18O2/c1-10-3-6-12(7-4-10)8-5-11(2)9-13(14)15/h3,5,8-9,12H,4,6-7H2,1-2H3,(H,14,15)/b8-5+,11-9+. The Bertz CT molecular complexity index is 321. The van der Waals surface area contributed by atoms with Gasteiger partial charge in [-0.3, -0.25) is 0 Å². The lowest BCUT2D eigenvalue weighted by molar-refractivity contribution is -0.131. The quantitative estimate of drug-likeness (QED) is 0.437. The Hall–Kier alpha value is -1.31. The Morgan fingerprint density at radius 2 is 2.33 bits per heavy atom. The molecule has 1 rings (SSSR count). The van der Waals surface area contributed by atoms with Gasteiger partial charge in [-0.15, -0.1) is 0 Å². The molecule has 0 radical (unpaired) electrons. The number of hydrogen-bond donors (Lipinski definition) is 1. The molecule has 0 fully saturated rings. The van der Waals surface area contributed by atoms with Crippen LogP contribution in [0.1, 0.15) is 33.1 Å². The highest BCUT2D eigenvalue weighted by Gasteiger charge is 2.08. The maximum Gasteiger partial charge on any atom is 0.328 e. The summed E-state index contributed by atoms with van der Waals surface area (Å²) in [6.45, 7) is 3.98. The van der Waals surface area contributed by atoms with Crippen molar-refractivity contribution >= 4 is 5.97 Å². The molecule has 1 N–H and O–H groups in total. The third-order valence-corrected chi connectivity index (χ3v) is 2.66. The van der Waals surface area contributed by atoms with Crippen molar-refractivity contribution in [2.45, 2.75) is 33.1 Å². The molecule has 0 aromatic heterocycles.